The van der Waals surface area contributed by atoms with Gasteiger partial charge < -0.3 is 5.32 Å². The summed E-state index contributed by atoms with van der Waals surface area (Å²) >= 11 is 12.6. The number of nitro groups is 1. The summed E-state index contributed by atoms with van der Waals surface area (Å²) in [5.41, 5.74) is 1.40. The molecule has 0 radical (unpaired) electrons. The van der Waals surface area contributed by atoms with Crippen molar-refractivity contribution >= 4 is 54.8 Å². The number of halogens is 3. The molecule has 0 fully saturated rings. The van der Waals surface area contributed by atoms with Gasteiger partial charge in [-0.05, 0) is 50.1 Å². The fourth-order valence-electron chi connectivity index (χ4n) is 1.52. The summed E-state index contributed by atoms with van der Waals surface area (Å²) in [6.07, 6.45) is 1.70. The van der Waals surface area contributed by atoms with Crippen LogP contribution >= 0.6 is 43.5 Å². The maximum absolute atomic E-state index is 10.7. The number of anilines is 1. The highest BCUT2D eigenvalue weighted by molar-refractivity contribution is 9.11. The average molecular weight is 421 g/mol. The van der Waals surface area contributed by atoms with Crippen LogP contribution in [-0.4, -0.2) is 9.91 Å². The van der Waals surface area contributed by atoms with Crippen LogP contribution in [0.1, 0.15) is 5.69 Å². The number of benzene rings is 1. The Kier molecular flexibility index (Phi) is 4.95. The number of nitro benzene ring substituents is 1. The van der Waals surface area contributed by atoms with Gasteiger partial charge in [-0.1, -0.05) is 11.6 Å². The Morgan fingerprint density at radius 2 is 2.10 bits per heavy atom. The van der Waals surface area contributed by atoms with E-state index in [-0.39, 0.29) is 10.7 Å². The second-order valence-electron chi connectivity index (χ2n) is 3.86. The van der Waals surface area contributed by atoms with Gasteiger partial charge in [0.05, 0.1) is 17.2 Å². The third kappa shape index (κ3) is 3.68. The normalized spacial score (nSPS) is 10.3. The van der Waals surface area contributed by atoms with Crippen LogP contribution in [0.25, 0.3) is 0 Å². The summed E-state index contributed by atoms with van der Waals surface area (Å²) in [6.45, 7) is 0.474. The summed E-state index contributed by atoms with van der Waals surface area (Å²) in [5, 5.41) is 13.9. The van der Waals surface area contributed by atoms with E-state index < -0.39 is 4.92 Å². The van der Waals surface area contributed by atoms with Gasteiger partial charge in [-0.15, -0.1) is 0 Å². The zero-order valence-corrected chi connectivity index (χ0v) is 13.9. The van der Waals surface area contributed by atoms with E-state index in [1.54, 1.807) is 12.3 Å². The molecule has 0 unspecified atom stereocenters. The Bertz CT molecular complexity index is 667. The average Bonchev–Trinajstić information content (AvgIpc) is 2.37. The first-order valence-corrected chi connectivity index (χ1v) is 7.41. The molecule has 1 N–H and O–H groups in total. The van der Waals surface area contributed by atoms with Gasteiger partial charge >= 0.3 is 0 Å². The maximum atomic E-state index is 10.7. The highest BCUT2D eigenvalue weighted by Crippen LogP contribution is 2.28. The van der Waals surface area contributed by atoms with E-state index in [4.69, 9.17) is 11.6 Å². The largest absolute Gasteiger partial charge is 0.379 e. The predicted molar refractivity (Wildman–Crippen MR) is 85.1 cm³/mol. The van der Waals surface area contributed by atoms with Crippen molar-refractivity contribution in [3.8, 4) is 0 Å². The van der Waals surface area contributed by atoms with Gasteiger partial charge in [0.1, 0.15) is 5.02 Å². The summed E-state index contributed by atoms with van der Waals surface area (Å²) < 4.78 is 1.75. The van der Waals surface area contributed by atoms with Crippen LogP contribution in [0.4, 0.5) is 11.4 Å². The molecule has 0 spiro atoms. The van der Waals surface area contributed by atoms with E-state index in [1.807, 2.05) is 6.07 Å². The van der Waals surface area contributed by atoms with E-state index in [1.165, 1.54) is 12.1 Å². The zero-order chi connectivity index (χ0) is 14.7. The lowest BCUT2D eigenvalue weighted by molar-refractivity contribution is -0.384. The quantitative estimate of drug-likeness (QED) is 0.570. The molecular formula is C12H8Br2ClN3O2. The highest BCUT2D eigenvalue weighted by atomic mass is 79.9. The molecule has 1 heterocycles. The molecule has 0 aliphatic carbocycles. The van der Waals surface area contributed by atoms with E-state index >= 15 is 0 Å². The number of nitrogens with zero attached hydrogens (tertiary/aromatic N) is 2. The van der Waals surface area contributed by atoms with Crippen LogP contribution in [0.15, 0.2) is 39.4 Å². The van der Waals surface area contributed by atoms with Crippen LogP contribution in [0.3, 0.4) is 0 Å². The molecule has 0 amide bonds. The minimum absolute atomic E-state index is 0.0998. The summed E-state index contributed by atoms with van der Waals surface area (Å²) in [4.78, 5) is 14.4. The van der Waals surface area contributed by atoms with Crippen LogP contribution < -0.4 is 5.32 Å². The molecule has 2 rings (SSSR count). The van der Waals surface area contributed by atoms with Gasteiger partial charge in [-0.3, -0.25) is 15.1 Å². The molecule has 20 heavy (non-hydrogen) atoms. The summed E-state index contributed by atoms with van der Waals surface area (Å²) in [5.74, 6) is 0. The van der Waals surface area contributed by atoms with E-state index in [9.17, 15) is 10.1 Å². The topological polar surface area (TPSA) is 68.1 Å². The maximum Gasteiger partial charge on any atom is 0.288 e. The van der Waals surface area contributed by atoms with Crippen LogP contribution in [0.2, 0.25) is 5.02 Å². The molecule has 0 atom stereocenters. The van der Waals surface area contributed by atoms with Crippen molar-refractivity contribution in [2.75, 3.05) is 5.32 Å². The minimum atomic E-state index is -0.515. The van der Waals surface area contributed by atoms with E-state index in [2.05, 4.69) is 42.2 Å². The van der Waals surface area contributed by atoms with Gasteiger partial charge in [0.2, 0.25) is 0 Å². The Labute approximate surface area is 136 Å². The lowest BCUT2D eigenvalue weighted by Crippen LogP contribution is -2.02. The van der Waals surface area contributed by atoms with Gasteiger partial charge in [-0.25, -0.2) is 0 Å². The number of hydrogen-bond donors (Lipinski definition) is 1. The van der Waals surface area contributed by atoms with Crippen molar-refractivity contribution in [3.05, 3.63) is 60.2 Å². The lowest BCUT2D eigenvalue weighted by atomic mass is 10.2. The monoisotopic (exact) mass is 419 g/mol. The fourth-order valence-corrected chi connectivity index (χ4v) is 2.90. The Hall–Kier alpha value is -1.18. The number of aromatic nitrogens is 1. The second-order valence-corrected chi connectivity index (χ2v) is 6.04. The van der Waals surface area contributed by atoms with Crippen LogP contribution in [-0.2, 0) is 6.54 Å². The Morgan fingerprint density at radius 1 is 1.35 bits per heavy atom. The molecule has 5 nitrogen and oxygen atoms in total. The predicted octanol–water partition coefficient (Wildman–Crippen LogP) is 4.78. The van der Waals surface area contributed by atoms with Gasteiger partial charge in [0.25, 0.3) is 5.69 Å². The third-order valence-electron chi connectivity index (χ3n) is 2.49. The SMILES string of the molecule is O=[N+]([O-])c1ccc(NCc2ncc(Br)cc2Br)cc1Cl. The number of hydrogen-bond acceptors (Lipinski definition) is 4. The molecule has 1 aromatic heterocycles. The molecule has 2 aromatic rings. The molecule has 104 valence electrons. The first kappa shape index (κ1) is 15.2. The Balaban J connectivity index is 2.11. The highest BCUT2D eigenvalue weighted by Gasteiger charge is 2.12. The molecule has 0 saturated carbocycles. The van der Waals surface area contributed by atoms with Crippen LogP contribution in [0, 0.1) is 10.1 Å². The van der Waals surface area contributed by atoms with Crippen molar-refractivity contribution < 1.29 is 4.92 Å². The summed E-state index contributed by atoms with van der Waals surface area (Å²) in [7, 11) is 0. The van der Waals surface area contributed by atoms with Crippen molar-refractivity contribution in [2.24, 2.45) is 0 Å². The fraction of sp³-hybridized carbons (Fsp3) is 0.0833. The third-order valence-corrected chi connectivity index (χ3v) is 3.91. The van der Waals surface area contributed by atoms with Crippen molar-refractivity contribution in [1.29, 1.82) is 0 Å². The van der Waals surface area contributed by atoms with Crippen molar-refractivity contribution in [1.82, 2.24) is 4.98 Å². The van der Waals surface area contributed by atoms with Crippen molar-refractivity contribution in [2.45, 2.75) is 6.54 Å². The lowest BCUT2D eigenvalue weighted by Gasteiger charge is -2.08. The molecule has 8 heteroatoms. The first-order valence-electron chi connectivity index (χ1n) is 5.45. The molecule has 0 saturated heterocycles. The van der Waals surface area contributed by atoms with Gasteiger partial charge in [0.15, 0.2) is 0 Å². The van der Waals surface area contributed by atoms with Gasteiger partial charge in [0, 0.05) is 26.9 Å². The van der Waals surface area contributed by atoms with E-state index in [0.29, 0.717) is 12.2 Å². The summed E-state index contributed by atoms with van der Waals surface area (Å²) in [6, 6.07) is 6.39. The second kappa shape index (κ2) is 6.51. The standard InChI is InChI=1S/C12H8Br2ClN3O2/c13-7-3-9(14)11(17-5-7)6-16-8-1-2-12(18(19)20)10(15)4-8/h1-5,16H,6H2. The number of nitrogens with one attached hydrogen (secondary N) is 1. The molecule has 0 aliphatic rings. The number of rotatable bonds is 4. The van der Waals surface area contributed by atoms with Crippen molar-refractivity contribution in [3.63, 3.8) is 0 Å². The molecular weight excluding hydrogens is 413 g/mol. The minimum Gasteiger partial charge on any atom is -0.379 e. The van der Waals surface area contributed by atoms with Gasteiger partial charge in [-0.2, -0.15) is 0 Å². The van der Waals surface area contributed by atoms with Crippen LogP contribution in [0.5, 0.6) is 0 Å². The zero-order valence-electron chi connectivity index (χ0n) is 9.94. The molecule has 1 aromatic carbocycles. The van der Waals surface area contributed by atoms with E-state index in [0.717, 1.165) is 14.6 Å². The molecule has 0 aliphatic heterocycles. The number of pyridine rings is 1. The Morgan fingerprint density at radius 3 is 2.70 bits per heavy atom. The molecule has 0 bridgehead atoms. The first-order chi connectivity index (χ1) is 9.47. The smallest absolute Gasteiger partial charge is 0.288 e.